The molecule has 4 heteroatoms. The summed E-state index contributed by atoms with van der Waals surface area (Å²) in [4.78, 5) is 0. The van der Waals surface area contributed by atoms with Crippen LogP contribution in [-0.2, 0) is 18.3 Å². The molecule has 0 spiro atoms. The maximum absolute atomic E-state index is 5.08. The Balaban J connectivity index is 1.89. The molecule has 1 aliphatic rings. The van der Waals surface area contributed by atoms with E-state index in [-0.39, 0.29) is 0 Å². The van der Waals surface area contributed by atoms with Gasteiger partial charge in [0.2, 0.25) is 0 Å². The van der Waals surface area contributed by atoms with Crippen LogP contribution in [0.4, 0.5) is 0 Å². The van der Waals surface area contributed by atoms with Gasteiger partial charge in [-0.3, -0.25) is 4.68 Å². The van der Waals surface area contributed by atoms with Crippen LogP contribution in [0, 0.1) is 6.92 Å². The van der Waals surface area contributed by atoms with E-state index in [1.54, 1.807) is 0 Å². The number of hydrogen-bond donors (Lipinski definition) is 1. The van der Waals surface area contributed by atoms with Crippen molar-refractivity contribution in [3.63, 3.8) is 0 Å². The van der Waals surface area contributed by atoms with Crippen molar-refractivity contribution in [1.29, 1.82) is 0 Å². The van der Waals surface area contributed by atoms with Gasteiger partial charge in [-0.1, -0.05) is 0 Å². The third-order valence-electron chi connectivity index (χ3n) is 2.56. The minimum Gasteiger partial charge on any atom is -0.378 e. The van der Waals surface area contributed by atoms with E-state index < -0.39 is 0 Å². The average molecular weight is 181 g/mol. The van der Waals surface area contributed by atoms with Crippen LogP contribution in [0.5, 0.6) is 0 Å². The fraction of sp³-hybridized carbons (Fsp3) is 0.667. The van der Waals surface area contributed by atoms with Crippen molar-refractivity contribution < 1.29 is 4.74 Å². The summed E-state index contributed by atoms with van der Waals surface area (Å²) >= 11 is 0. The van der Waals surface area contributed by atoms with Gasteiger partial charge in [0.15, 0.2) is 0 Å². The molecule has 1 fully saturated rings. The highest BCUT2D eigenvalue weighted by atomic mass is 16.5. The van der Waals surface area contributed by atoms with Crippen LogP contribution in [0.25, 0.3) is 0 Å². The molecule has 1 aliphatic heterocycles. The Labute approximate surface area is 77.9 Å². The summed E-state index contributed by atoms with van der Waals surface area (Å²) in [6.07, 6.45) is 1.92. The maximum Gasteiger partial charge on any atom is 0.0643 e. The van der Waals surface area contributed by atoms with Gasteiger partial charge in [-0.25, -0.2) is 0 Å². The zero-order valence-electron chi connectivity index (χ0n) is 8.08. The lowest BCUT2D eigenvalue weighted by molar-refractivity contribution is -0.00580. The fourth-order valence-corrected chi connectivity index (χ4v) is 1.33. The number of ether oxygens (including phenoxy) is 1. The van der Waals surface area contributed by atoms with Gasteiger partial charge in [0.1, 0.15) is 0 Å². The Bertz CT molecular complexity index is 291. The van der Waals surface area contributed by atoms with E-state index >= 15 is 0 Å². The molecule has 0 amide bonds. The van der Waals surface area contributed by atoms with Crippen LogP contribution in [0.3, 0.4) is 0 Å². The first-order valence-electron chi connectivity index (χ1n) is 4.56. The van der Waals surface area contributed by atoms with Crippen LogP contribution >= 0.6 is 0 Å². The summed E-state index contributed by atoms with van der Waals surface area (Å²) in [5, 5.41) is 7.59. The molecule has 72 valence electrons. The van der Waals surface area contributed by atoms with Gasteiger partial charge in [-0.15, -0.1) is 0 Å². The van der Waals surface area contributed by atoms with E-state index in [1.807, 2.05) is 17.9 Å². The Kier molecular flexibility index (Phi) is 2.33. The highest BCUT2D eigenvalue weighted by molar-refractivity contribution is 5.15. The van der Waals surface area contributed by atoms with Crippen LogP contribution in [0.1, 0.15) is 11.3 Å². The van der Waals surface area contributed by atoms with Crippen molar-refractivity contribution in [3.8, 4) is 0 Å². The largest absolute Gasteiger partial charge is 0.378 e. The molecule has 0 aromatic carbocycles. The zero-order valence-corrected chi connectivity index (χ0v) is 8.08. The molecule has 1 aromatic heterocycles. The predicted molar refractivity (Wildman–Crippen MR) is 49.4 cm³/mol. The molecule has 0 radical (unpaired) electrons. The number of nitrogens with zero attached hydrogens (tertiary/aromatic N) is 2. The van der Waals surface area contributed by atoms with Crippen molar-refractivity contribution in [1.82, 2.24) is 15.1 Å². The molecule has 13 heavy (non-hydrogen) atoms. The fourth-order valence-electron chi connectivity index (χ4n) is 1.33. The molecule has 0 aliphatic carbocycles. The second-order valence-corrected chi connectivity index (χ2v) is 3.49. The molecular formula is C9H15N3O. The monoisotopic (exact) mass is 181 g/mol. The lowest BCUT2D eigenvalue weighted by Crippen LogP contribution is -2.45. The van der Waals surface area contributed by atoms with Gasteiger partial charge in [-0.05, 0) is 6.92 Å². The van der Waals surface area contributed by atoms with E-state index in [0.717, 1.165) is 19.8 Å². The highest BCUT2D eigenvalue weighted by Gasteiger charge is 2.17. The minimum atomic E-state index is 0.541. The summed E-state index contributed by atoms with van der Waals surface area (Å²) in [5.74, 6) is 0. The third kappa shape index (κ3) is 1.73. The molecule has 0 saturated carbocycles. The lowest BCUT2D eigenvalue weighted by atomic mass is 10.2. The number of rotatable bonds is 3. The molecule has 2 heterocycles. The molecule has 0 bridgehead atoms. The van der Waals surface area contributed by atoms with Crippen LogP contribution < -0.4 is 5.32 Å². The van der Waals surface area contributed by atoms with Crippen LogP contribution in [-0.4, -0.2) is 29.0 Å². The molecule has 2 rings (SSSR count). The second-order valence-electron chi connectivity index (χ2n) is 3.49. The lowest BCUT2D eigenvalue weighted by Gasteiger charge is -2.26. The molecule has 0 unspecified atom stereocenters. The van der Waals surface area contributed by atoms with Crippen molar-refractivity contribution in [2.45, 2.75) is 19.5 Å². The molecule has 0 atom stereocenters. The SMILES string of the molecule is Cc1c(CNC2COC2)cnn1C. The first-order valence-corrected chi connectivity index (χ1v) is 4.56. The highest BCUT2D eigenvalue weighted by Crippen LogP contribution is 2.07. The molecular weight excluding hydrogens is 166 g/mol. The van der Waals surface area contributed by atoms with Crippen LogP contribution in [0.2, 0.25) is 0 Å². The van der Waals surface area contributed by atoms with Gasteiger partial charge in [0, 0.05) is 24.8 Å². The average Bonchev–Trinajstić information content (AvgIpc) is 2.33. The standard InChI is InChI=1S/C9H15N3O/c1-7-8(4-11-12(7)2)3-10-9-5-13-6-9/h4,9-10H,3,5-6H2,1-2H3. The second kappa shape index (κ2) is 3.47. The molecule has 1 N–H and O–H groups in total. The molecule has 4 nitrogen and oxygen atoms in total. The van der Waals surface area contributed by atoms with Crippen molar-refractivity contribution in [2.24, 2.45) is 7.05 Å². The summed E-state index contributed by atoms with van der Waals surface area (Å²) in [7, 11) is 1.96. The number of aromatic nitrogens is 2. The van der Waals surface area contributed by atoms with E-state index in [0.29, 0.717) is 6.04 Å². The van der Waals surface area contributed by atoms with Gasteiger partial charge in [0.05, 0.1) is 25.5 Å². The Morgan fingerprint density at radius 2 is 2.46 bits per heavy atom. The summed E-state index contributed by atoms with van der Waals surface area (Å²) in [5.41, 5.74) is 2.50. The van der Waals surface area contributed by atoms with Crippen LogP contribution in [0.15, 0.2) is 6.20 Å². The molecule has 1 aromatic rings. The number of hydrogen-bond acceptors (Lipinski definition) is 3. The van der Waals surface area contributed by atoms with Gasteiger partial charge < -0.3 is 10.1 Å². The van der Waals surface area contributed by atoms with Crippen molar-refractivity contribution in [2.75, 3.05) is 13.2 Å². The Hall–Kier alpha value is -0.870. The zero-order chi connectivity index (χ0) is 9.26. The quantitative estimate of drug-likeness (QED) is 0.725. The first kappa shape index (κ1) is 8.72. The summed E-state index contributed by atoms with van der Waals surface area (Å²) in [6.45, 7) is 4.67. The van der Waals surface area contributed by atoms with E-state index in [2.05, 4.69) is 17.3 Å². The van der Waals surface area contributed by atoms with E-state index in [4.69, 9.17) is 4.74 Å². The minimum absolute atomic E-state index is 0.541. The molecule has 1 saturated heterocycles. The van der Waals surface area contributed by atoms with Crippen molar-refractivity contribution in [3.05, 3.63) is 17.5 Å². The Morgan fingerprint density at radius 1 is 1.69 bits per heavy atom. The van der Waals surface area contributed by atoms with Gasteiger partial charge >= 0.3 is 0 Å². The van der Waals surface area contributed by atoms with Crippen molar-refractivity contribution >= 4 is 0 Å². The summed E-state index contributed by atoms with van der Waals surface area (Å²) in [6, 6.07) is 0.541. The van der Waals surface area contributed by atoms with E-state index in [1.165, 1.54) is 11.3 Å². The topological polar surface area (TPSA) is 39.1 Å². The summed E-state index contributed by atoms with van der Waals surface area (Å²) < 4.78 is 6.97. The third-order valence-corrected chi connectivity index (χ3v) is 2.56. The number of nitrogens with one attached hydrogen (secondary N) is 1. The van der Waals surface area contributed by atoms with Gasteiger partial charge in [-0.2, -0.15) is 5.10 Å². The van der Waals surface area contributed by atoms with E-state index in [9.17, 15) is 0 Å². The van der Waals surface area contributed by atoms with Gasteiger partial charge in [0.25, 0.3) is 0 Å². The smallest absolute Gasteiger partial charge is 0.0643 e. The Morgan fingerprint density at radius 3 is 2.92 bits per heavy atom. The predicted octanol–water partition coefficient (Wildman–Crippen LogP) is 0.217. The first-order chi connectivity index (χ1) is 6.27. The maximum atomic E-state index is 5.08. The number of aryl methyl sites for hydroxylation is 1. The normalized spacial score (nSPS) is 17.4.